The van der Waals surface area contributed by atoms with E-state index in [1.807, 2.05) is 17.0 Å². The van der Waals surface area contributed by atoms with E-state index in [1.165, 1.54) is 25.9 Å². The predicted octanol–water partition coefficient (Wildman–Crippen LogP) is 2.97. The quantitative estimate of drug-likeness (QED) is 0.828. The molecule has 1 atom stereocenters. The largest absolute Gasteiger partial charge is 0.335 e. The van der Waals surface area contributed by atoms with Crippen LogP contribution in [0, 0.1) is 5.92 Å². The van der Waals surface area contributed by atoms with Crippen molar-refractivity contribution in [1.29, 1.82) is 0 Å². The van der Waals surface area contributed by atoms with Crippen molar-refractivity contribution in [3.63, 3.8) is 0 Å². The highest BCUT2D eigenvalue weighted by Crippen LogP contribution is 2.33. The third-order valence-corrected chi connectivity index (χ3v) is 6.20. The first-order valence-electron chi connectivity index (χ1n) is 9.46. The molecule has 0 aromatic heterocycles. The third-order valence-electron chi connectivity index (χ3n) is 5.95. The second-order valence-electron chi connectivity index (χ2n) is 8.56. The van der Waals surface area contributed by atoms with Crippen LogP contribution in [0.15, 0.2) is 24.3 Å². The molecule has 1 amide bonds. The molecule has 5 heteroatoms. The lowest BCUT2D eigenvalue weighted by molar-refractivity contribution is -0.0568. The molecule has 0 radical (unpaired) electrons. The first-order valence-corrected chi connectivity index (χ1v) is 9.84. The van der Waals surface area contributed by atoms with Crippen molar-refractivity contribution in [3.8, 4) is 0 Å². The number of piperazine rings is 2. The monoisotopic (exact) mass is 361 g/mol. The van der Waals surface area contributed by atoms with Gasteiger partial charge in [-0.3, -0.25) is 9.69 Å². The molecule has 2 saturated heterocycles. The van der Waals surface area contributed by atoms with Crippen LogP contribution in [0.4, 0.5) is 0 Å². The number of fused-ring (bicyclic) bond motifs is 1. The number of amides is 1. The van der Waals surface area contributed by atoms with Crippen LogP contribution < -0.4 is 0 Å². The second kappa shape index (κ2) is 6.57. The minimum Gasteiger partial charge on any atom is -0.335 e. The van der Waals surface area contributed by atoms with Crippen LogP contribution in [0.5, 0.6) is 0 Å². The average Bonchev–Trinajstić information content (AvgIpc) is 3.38. The van der Waals surface area contributed by atoms with E-state index in [4.69, 9.17) is 11.6 Å². The average molecular weight is 362 g/mol. The van der Waals surface area contributed by atoms with Gasteiger partial charge in [0, 0.05) is 61.4 Å². The van der Waals surface area contributed by atoms with E-state index in [9.17, 15) is 4.79 Å². The fraction of sp³-hybridized carbons (Fsp3) is 0.650. The Balaban J connectivity index is 1.48. The first-order chi connectivity index (χ1) is 11.9. The van der Waals surface area contributed by atoms with Gasteiger partial charge in [-0.25, -0.2) is 0 Å². The highest BCUT2D eigenvalue weighted by atomic mass is 35.5. The zero-order valence-corrected chi connectivity index (χ0v) is 16.0. The maximum atomic E-state index is 13.0. The summed E-state index contributed by atoms with van der Waals surface area (Å²) in [6, 6.07) is 7.71. The van der Waals surface area contributed by atoms with Crippen molar-refractivity contribution in [2.45, 2.75) is 38.3 Å². The SMILES string of the molecule is CC1(C)CN(C(=O)c2ccc(Cl)cc2)CC2CN(CC3CC3)CCN21. The van der Waals surface area contributed by atoms with Crippen LogP contribution in [0.1, 0.15) is 37.0 Å². The summed E-state index contributed by atoms with van der Waals surface area (Å²) in [5, 5.41) is 0.671. The number of halogens is 1. The molecule has 4 nitrogen and oxygen atoms in total. The predicted molar refractivity (Wildman–Crippen MR) is 101 cm³/mol. The lowest BCUT2D eigenvalue weighted by atomic mass is 9.92. The summed E-state index contributed by atoms with van der Waals surface area (Å²) in [6.45, 7) is 10.8. The Morgan fingerprint density at radius 2 is 1.88 bits per heavy atom. The molecule has 1 aromatic rings. The van der Waals surface area contributed by atoms with Gasteiger partial charge in [-0.05, 0) is 56.9 Å². The van der Waals surface area contributed by atoms with Crippen molar-refractivity contribution in [1.82, 2.24) is 14.7 Å². The number of hydrogen-bond donors (Lipinski definition) is 0. The van der Waals surface area contributed by atoms with Crippen molar-refractivity contribution in [3.05, 3.63) is 34.9 Å². The van der Waals surface area contributed by atoms with Gasteiger partial charge in [0.15, 0.2) is 0 Å². The summed E-state index contributed by atoms with van der Waals surface area (Å²) in [7, 11) is 0. The smallest absolute Gasteiger partial charge is 0.253 e. The molecule has 2 heterocycles. The lowest BCUT2D eigenvalue weighted by Crippen LogP contribution is -2.70. The molecule has 1 aliphatic carbocycles. The summed E-state index contributed by atoms with van der Waals surface area (Å²) in [6.07, 6.45) is 2.80. The molecule has 4 rings (SSSR count). The topological polar surface area (TPSA) is 26.8 Å². The van der Waals surface area contributed by atoms with Crippen molar-refractivity contribution >= 4 is 17.5 Å². The normalized spacial score (nSPS) is 27.2. The molecule has 3 fully saturated rings. The summed E-state index contributed by atoms with van der Waals surface area (Å²) in [5.74, 6) is 1.05. The summed E-state index contributed by atoms with van der Waals surface area (Å²) in [4.78, 5) is 20.3. The van der Waals surface area contributed by atoms with Crippen LogP contribution in [-0.2, 0) is 0 Å². The fourth-order valence-corrected chi connectivity index (χ4v) is 4.64. The van der Waals surface area contributed by atoms with Gasteiger partial charge in [0.1, 0.15) is 0 Å². The minimum absolute atomic E-state index is 0.0245. The van der Waals surface area contributed by atoms with Crippen LogP contribution in [0.25, 0.3) is 0 Å². The Bertz CT molecular complexity index is 641. The molecule has 3 aliphatic rings. The molecule has 0 bridgehead atoms. The van der Waals surface area contributed by atoms with Gasteiger partial charge in [0.2, 0.25) is 0 Å². The summed E-state index contributed by atoms with van der Waals surface area (Å²) < 4.78 is 0. The molecule has 1 saturated carbocycles. The molecule has 25 heavy (non-hydrogen) atoms. The van der Waals surface area contributed by atoms with Crippen LogP contribution in [0.3, 0.4) is 0 Å². The van der Waals surface area contributed by atoms with E-state index in [2.05, 4.69) is 23.6 Å². The van der Waals surface area contributed by atoms with Gasteiger partial charge in [0.25, 0.3) is 5.91 Å². The van der Waals surface area contributed by atoms with E-state index in [1.54, 1.807) is 12.1 Å². The number of nitrogens with zero attached hydrogens (tertiary/aromatic N) is 3. The van der Waals surface area contributed by atoms with Crippen molar-refractivity contribution in [2.75, 3.05) is 39.3 Å². The van der Waals surface area contributed by atoms with Crippen LogP contribution in [-0.4, -0.2) is 71.5 Å². The molecular weight excluding hydrogens is 334 g/mol. The number of rotatable bonds is 3. The van der Waals surface area contributed by atoms with E-state index in [0.29, 0.717) is 11.1 Å². The summed E-state index contributed by atoms with van der Waals surface area (Å²) in [5.41, 5.74) is 0.760. The van der Waals surface area contributed by atoms with Crippen LogP contribution >= 0.6 is 11.6 Å². The zero-order valence-electron chi connectivity index (χ0n) is 15.2. The zero-order chi connectivity index (χ0) is 17.6. The van der Waals surface area contributed by atoms with Gasteiger partial charge in [-0.1, -0.05) is 11.6 Å². The van der Waals surface area contributed by atoms with E-state index in [0.717, 1.165) is 37.7 Å². The lowest BCUT2D eigenvalue weighted by Gasteiger charge is -2.55. The number of benzene rings is 1. The first kappa shape index (κ1) is 17.3. The standard InChI is InChI=1S/C20H28ClN3O/c1-20(2)14-23(19(25)16-5-7-17(21)8-6-16)13-18-12-22(9-10-24(18)20)11-15-3-4-15/h5-8,15,18H,3-4,9-14H2,1-2H3. The summed E-state index contributed by atoms with van der Waals surface area (Å²) >= 11 is 5.96. The number of carbonyl (C=O) groups excluding carboxylic acids is 1. The van der Waals surface area contributed by atoms with E-state index in [-0.39, 0.29) is 11.4 Å². The minimum atomic E-state index is 0.0245. The Hall–Kier alpha value is -1.10. The Labute approximate surface area is 155 Å². The fourth-order valence-electron chi connectivity index (χ4n) is 4.51. The molecule has 1 unspecified atom stereocenters. The van der Waals surface area contributed by atoms with Crippen LogP contribution in [0.2, 0.25) is 5.02 Å². The molecule has 0 N–H and O–H groups in total. The number of hydrogen-bond acceptors (Lipinski definition) is 3. The Morgan fingerprint density at radius 1 is 1.16 bits per heavy atom. The third kappa shape index (κ3) is 3.71. The molecule has 2 aliphatic heterocycles. The van der Waals surface area contributed by atoms with Gasteiger partial charge >= 0.3 is 0 Å². The molecular formula is C20H28ClN3O. The Kier molecular flexibility index (Phi) is 4.55. The van der Waals surface area contributed by atoms with Crippen molar-refractivity contribution < 1.29 is 4.79 Å². The van der Waals surface area contributed by atoms with Gasteiger partial charge in [0.05, 0.1) is 0 Å². The Morgan fingerprint density at radius 3 is 2.56 bits per heavy atom. The van der Waals surface area contributed by atoms with E-state index >= 15 is 0 Å². The molecule has 1 aromatic carbocycles. The second-order valence-corrected chi connectivity index (χ2v) is 8.99. The maximum absolute atomic E-state index is 13.0. The molecule has 0 spiro atoms. The van der Waals surface area contributed by atoms with Gasteiger partial charge < -0.3 is 9.80 Å². The van der Waals surface area contributed by atoms with Gasteiger partial charge in [-0.2, -0.15) is 0 Å². The highest BCUT2D eigenvalue weighted by molar-refractivity contribution is 6.30. The number of carbonyl (C=O) groups is 1. The van der Waals surface area contributed by atoms with Gasteiger partial charge in [-0.15, -0.1) is 0 Å². The van der Waals surface area contributed by atoms with E-state index < -0.39 is 0 Å². The highest BCUT2D eigenvalue weighted by Gasteiger charge is 2.44. The van der Waals surface area contributed by atoms with Crippen molar-refractivity contribution in [2.24, 2.45) is 5.92 Å². The maximum Gasteiger partial charge on any atom is 0.253 e. The molecule has 136 valence electrons.